The van der Waals surface area contributed by atoms with Crippen molar-refractivity contribution in [2.24, 2.45) is 0 Å². The van der Waals surface area contributed by atoms with Crippen molar-refractivity contribution in [2.45, 2.75) is 12.5 Å². The summed E-state index contributed by atoms with van der Waals surface area (Å²) in [6.07, 6.45) is 0.00460. The molecule has 0 aliphatic heterocycles. The van der Waals surface area contributed by atoms with E-state index < -0.39 is 17.9 Å². The van der Waals surface area contributed by atoms with Crippen LogP contribution in [0.3, 0.4) is 0 Å². The Balaban J connectivity index is 2.77. The van der Waals surface area contributed by atoms with E-state index in [-0.39, 0.29) is 18.1 Å². The third-order valence-corrected chi connectivity index (χ3v) is 2.41. The Labute approximate surface area is 103 Å². The minimum Gasteiger partial charge on any atom is -0.508 e. The monoisotopic (exact) mass is 257 g/mol. The minimum absolute atomic E-state index is 0.00104. The number of amides is 1. The van der Waals surface area contributed by atoms with E-state index in [1.54, 1.807) is 18.2 Å². The van der Waals surface area contributed by atoms with Gasteiger partial charge in [-0.05, 0) is 11.6 Å². The molecule has 0 radical (unpaired) electrons. The van der Waals surface area contributed by atoms with Gasteiger partial charge in [-0.2, -0.15) is 0 Å². The molecule has 0 fully saturated rings. The summed E-state index contributed by atoms with van der Waals surface area (Å²) in [5, 5.41) is 20.7. The van der Waals surface area contributed by atoms with Gasteiger partial charge in [-0.25, -0.2) is 4.79 Å². The quantitative estimate of drug-likeness (QED) is 0.679. The summed E-state index contributed by atoms with van der Waals surface area (Å²) in [5.41, 5.74) is 0.453. The van der Waals surface area contributed by atoms with Crippen LogP contribution in [0.2, 0.25) is 0 Å². The van der Waals surface area contributed by atoms with Gasteiger partial charge in [0.2, 0.25) is 5.91 Å². The molecule has 0 saturated carbocycles. The summed E-state index contributed by atoms with van der Waals surface area (Å²) in [6, 6.07) is 5.26. The molecule has 1 atom stereocenters. The van der Waals surface area contributed by atoms with Gasteiger partial charge in [0.05, 0.1) is 0 Å². The number of hydrogen-bond donors (Lipinski definition) is 3. The van der Waals surface area contributed by atoms with Gasteiger partial charge in [-0.1, -0.05) is 18.2 Å². The summed E-state index contributed by atoms with van der Waals surface area (Å²) in [6.45, 7) is 0. The van der Waals surface area contributed by atoms with Crippen molar-refractivity contribution in [3.8, 4) is 5.75 Å². The molecule has 0 saturated heterocycles. The van der Waals surface area contributed by atoms with Crippen LogP contribution in [0.25, 0.3) is 0 Å². The first-order chi connectivity index (χ1) is 8.04. The van der Waals surface area contributed by atoms with Crippen LogP contribution in [-0.4, -0.2) is 34.0 Å². The number of para-hydroxylation sites is 1. The van der Waals surface area contributed by atoms with Crippen LogP contribution >= 0.6 is 11.6 Å². The topological polar surface area (TPSA) is 86.6 Å². The first kappa shape index (κ1) is 13.3. The molecule has 1 amide bonds. The Morgan fingerprint density at radius 1 is 1.35 bits per heavy atom. The van der Waals surface area contributed by atoms with E-state index in [1.807, 2.05) is 0 Å². The second kappa shape index (κ2) is 6.10. The predicted octanol–water partition coefficient (Wildman–Crippen LogP) is 0.743. The molecule has 0 bridgehead atoms. The first-order valence-electron chi connectivity index (χ1n) is 4.89. The number of benzene rings is 1. The van der Waals surface area contributed by atoms with Crippen molar-refractivity contribution in [3.05, 3.63) is 29.8 Å². The first-order valence-corrected chi connectivity index (χ1v) is 5.43. The van der Waals surface area contributed by atoms with Gasteiger partial charge in [-0.3, -0.25) is 4.79 Å². The fraction of sp³-hybridized carbons (Fsp3) is 0.273. The van der Waals surface area contributed by atoms with Gasteiger partial charge >= 0.3 is 5.97 Å². The van der Waals surface area contributed by atoms with Crippen molar-refractivity contribution in [1.29, 1.82) is 0 Å². The Morgan fingerprint density at radius 2 is 2.00 bits per heavy atom. The largest absolute Gasteiger partial charge is 0.508 e. The molecule has 0 aliphatic carbocycles. The summed E-state index contributed by atoms with van der Waals surface area (Å²) in [4.78, 5) is 22.0. The van der Waals surface area contributed by atoms with Gasteiger partial charge in [0.1, 0.15) is 17.7 Å². The van der Waals surface area contributed by atoms with Gasteiger partial charge in [0.15, 0.2) is 0 Å². The summed E-state index contributed by atoms with van der Waals surface area (Å²) in [5.74, 6) is -2.04. The fourth-order valence-electron chi connectivity index (χ4n) is 1.34. The number of aliphatic carboxylic acids is 1. The molecule has 0 spiro atoms. The lowest BCUT2D eigenvalue weighted by Crippen LogP contribution is -2.42. The molecule has 3 N–H and O–H groups in total. The minimum atomic E-state index is -1.17. The molecule has 0 aromatic heterocycles. The van der Waals surface area contributed by atoms with Crippen molar-refractivity contribution in [1.82, 2.24) is 5.32 Å². The number of carbonyl (C=O) groups excluding carboxylic acids is 1. The Bertz CT molecular complexity index is 422. The smallest absolute Gasteiger partial charge is 0.326 e. The number of nitrogens with one attached hydrogen (secondary N) is 1. The van der Waals surface area contributed by atoms with Crippen LogP contribution in [-0.2, 0) is 16.0 Å². The fourth-order valence-corrected chi connectivity index (χ4v) is 1.41. The van der Waals surface area contributed by atoms with Crippen LogP contribution in [0.15, 0.2) is 24.3 Å². The standard InChI is InChI=1S/C11H12ClNO4/c12-6-10(15)13-8(11(16)17)5-7-3-1-2-4-9(7)14/h1-4,8,14H,5-6H2,(H,13,15)(H,16,17). The van der Waals surface area contributed by atoms with Gasteiger partial charge in [-0.15, -0.1) is 11.6 Å². The van der Waals surface area contributed by atoms with E-state index in [4.69, 9.17) is 16.7 Å². The highest BCUT2D eigenvalue weighted by molar-refractivity contribution is 6.27. The van der Waals surface area contributed by atoms with Gasteiger partial charge in [0, 0.05) is 6.42 Å². The molecule has 1 rings (SSSR count). The van der Waals surface area contributed by atoms with E-state index in [1.165, 1.54) is 6.07 Å². The Kier molecular flexibility index (Phi) is 4.78. The number of phenols is 1. The highest BCUT2D eigenvalue weighted by atomic mass is 35.5. The van der Waals surface area contributed by atoms with Crippen LogP contribution in [0.5, 0.6) is 5.75 Å². The highest BCUT2D eigenvalue weighted by Gasteiger charge is 2.21. The third kappa shape index (κ3) is 3.96. The maximum absolute atomic E-state index is 11.0. The molecular formula is C11H12ClNO4. The lowest BCUT2D eigenvalue weighted by molar-refractivity contribution is -0.141. The zero-order valence-corrected chi connectivity index (χ0v) is 9.65. The van der Waals surface area contributed by atoms with Gasteiger partial charge < -0.3 is 15.5 Å². The maximum atomic E-state index is 11.0. The molecule has 1 aromatic rings. The van der Waals surface area contributed by atoms with Crippen LogP contribution in [0.1, 0.15) is 5.56 Å². The molecule has 92 valence electrons. The normalized spacial score (nSPS) is 11.8. The van der Waals surface area contributed by atoms with E-state index >= 15 is 0 Å². The van der Waals surface area contributed by atoms with Crippen molar-refractivity contribution >= 4 is 23.5 Å². The summed E-state index contributed by atoms with van der Waals surface area (Å²) < 4.78 is 0. The molecule has 5 nitrogen and oxygen atoms in total. The molecule has 1 unspecified atom stereocenters. The molecule has 0 heterocycles. The van der Waals surface area contributed by atoms with E-state index in [2.05, 4.69) is 5.32 Å². The van der Waals surface area contributed by atoms with Crippen molar-refractivity contribution < 1.29 is 19.8 Å². The van der Waals surface area contributed by atoms with Crippen molar-refractivity contribution in [2.75, 3.05) is 5.88 Å². The van der Waals surface area contributed by atoms with Gasteiger partial charge in [0.25, 0.3) is 0 Å². The number of rotatable bonds is 5. The number of carbonyl (C=O) groups is 2. The van der Waals surface area contributed by atoms with Crippen LogP contribution < -0.4 is 5.32 Å². The number of carboxylic acid groups (broad SMARTS) is 1. The second-order valence-corrected chi connectivity index (χ2v) is 3.69. The lowest BCUT2D eigenvalue weighted by atomic mass is 10.1. The number of hydrogen-bond acceptors (Lipinski definition) is 3. The Morgan fingerprint density at radius 3 is 2.53 bits per heavy atom. The number of halogens is 1. The predicted molar refractivity (Wildman–Crippen MR) is 62.1 cm³/mol. The number of phenolic OH excluding ortho intramolecular Hbond substituents is 1. The Hall–Kier alpha value is -1.75. The third-order valence-electron chi connectivity index (χ3n) is 2.17. The number of aromatic hydroxyl groups is 1. The second-order valence-electron chi connectivity index (χ2n) is 3.42. The lowest BCUT2D eigenvalue weighted by Gasteiger charge is -2.14. The SMILES string of the molecule is O=C(CCl)NC(Cc1ccccc1O)C(=O)O. The van der Waals surface area contributed by atoms with E-state index in [9.17, 15) is 14.7 Å². The average molecular weight is 258 g/mol. The molecule has 1 aromatic carbocycles. The zero-order valence-electron chi connectivity index (χ0n) is 8.89. The van der Waals surface area contributed by atoms with Crippen LogP contribution in [0, 0.1) is 0 Å². The maximum Gasteiger partial charge on any atom is 0.326 e. The highest BCUT2D eigenvalue weighted by Crippen LogP contribution is 2.17. The van der Waals surface area contributed by atoms with Crippen molar-refractivity contribution in [3.63, 3.8) is 0 Å². The van der Waals surface area contributed by atoms with E-state index in [0.717, 1.165) is 0 Å². The summed E-state index contributed by atoms with van der Waals surface area (Å²) >= 11 is 5.28. The number of carboxylic acids is 1. The number of alkyl halides is 1. The summed E-state index contributed by atoms with van der Waals surface area (Å²) in [7, 11) is 0. The van der Waals surface area contributed by atoms with Crippen LogP contribution in [0.4, 0.5) is 0 Å². The molecule has 17 heavy (non-hydrogen) atoms. The van der Waals surface area contributed by atoms with E-state index in [0.29, 0.717) is 5.56 Å². The molecule has 0 aliphatic rings. The average Bonchev–Trinajstić information content (AvgIpc) is 2.30. The zero-order chi connectivity index (χ0) is 12.8. The molecule has 6 heteroatoms. The molecular weight excluding hydrogens is 246 g/mol.